The van der Waals surface area contributed by atoms with Crippen molar-refractivity contribution < 1.29 is 27.2 Å². The van der Waals surface area contributed by atoms with Gasteiger partial charge in [-0.3, -0.25) is 14.4 Å². The first-order chi connectivity index (χ1) is 15.1. The number of hydrogen-bond donors (Lipinski definition) is 3. The van der Waals surface area contributed by atoms with Crippen LogP contribution >= 0.6 is 11.3 Å². The van der Waals surface area contributed by atoms with Crippen LogP contribution in [0.15, 0.2) is 41.3 Å². The number of ketones is 1. The molecule has 172 valence electrons. The van der Waals surface area contributed by atoms with Crippen LogP contribution in [-0.4, -0.2) is 44.6 Å². The molecule has 0 spiro atoms. The quantitative estimate of drug-likeness (QED) is 0.535. The summed E-state index contributed by atoms with van der Waals surface area (Å²) in [4.78, 5) is 39.5. The Morgan fingerprint density at radius 3 is 2.44 bits per heavy atom. The van der Waals surface area contributed by atoms with Crippen LogP contribution in [0.25, 0.3) is 0 Å². The van der Waals surface area contributed by atoms with Crippen molar-refractivity contribution in [3.05, 3.63) is 52.0 Å². The van der Waals surface area contributed by atoms with Crippen LogP contribution in [0.5, 0.6) is 0 Å². The highest BCUT2D eigenvalue weighted by Gasteiger charge is 2.33. The second-order valence-electron chi connectivity index (χ2n) is 7.80. The fourth-order valence-corrected chi connectivity index (χ4v) is 5.63. The lowest BCUT2D eigenvalue weighted by molar-refractivity contribution is -0.140. The molecule has 3 N–H and O–H groups in total. The van der Waals surface area contributed by atoms with E-state index in [0.717, 1.165) is 34.0 Å². The highest BCUT2D eigenvalue weighted by atomic mass is 32.2. The molecule has 2 unspecified atom stereocenters. The minimum atomic E-state index is -4.13. The molecular formula is C21H24FN3O5S2. The molecule has 0 saturated heterocycles. The van der Waals surface area contributed by atoms with E-state index in [2.05, 4.69) is 15.4 Å². The summed E-state index contributed by atoms with van der Waals surface area (Å²) in [5, 5.41) is 5.09. The van der Waals surface area contributed by atoms with Crippen LogP contribution < -0.4 is 15.4 Å². The second-order valence-corrected chi connectivity index (χ2v) is 10.8. The highest BCUT2D eigenvalue weighted by Crippen LogP contribution is 2.20. The number of Topliss-reactive ketones (excluding diaryl/α,β-unsaturated/α-hetero) is 1. The number of halogens is 1. The predicted octanol–water partition coefficient (Wildman–Crippen LogP) is 1.16. The van der Waals surface area contributed by atoms with Crippen LogP contribution in [0.2, 0.25) is 0 Å². The highest BCUT2D eigenvalue weighted by molar-refractivity contribution is 7.89. The molecule has 2 heterocycles. The predicted molar refractivity (Wildman–Crippen MR) is 117 cm³/mol. The van der Waals surface area contributed by atoms with E-state index in [1.54, 1.807) is 13.8 Å². The van der Waals surface area contributed by atoms with Crippen LogP contribution in [0.4, 0.5) is 4.39 Å². The third kappa shape index (κ3) is 5.78. The molecule has 0 saturated carbocycles. The zero-order chi connectivity index (χ0) is 23.5. The van der Waals surface area contributed by atoms with Gasteiger partial charge in [-0.2, -0.15) is 4.72 Å². The lowest BCUT2D eigenvalue weighted by Crippen LogP contribution is -2.56. The molecule has 2 amide bonds. The van der Waals surface area contributed by atoms with E-state index < -0.39 is 51.4 Å². The molecule has 1 aromatic heterocycles. The molecule has 3 rings (SSSR count). The van der Waals surface area contributed by atoms with Gasteiger partial charge >= 0.3 is 0 Å². The molecule has 0 radical (unpaired) electrons. The number of carbonyl (C=O) groups is 3. The second kappa shape index (κ2) is 9.88. The van der Waals surface area contributed by atoms with Crippen molar-refractivity contribution in [3.8, 4) is 0 Å². The number of fused-ring (bicyclic) bond motifs is 2. The van der Waals surface area contributed by atoms with E-state index >= 15 is 0 Å². The van der Waals surface area contributed by atoms with Gasteiger partial charge in [-0.15, -0.1) is 11.3 Å². The van der Waals surface area contributed by atoms with Crippen molar-refractivity contribution >= 4 is 39.0 Å². The van der Waals surface area contributed by atoms with Gasteiger partial charge in [-0.05, 0) is 48.7 Å². The topological polar surface area (TPSA) is 121 Å². The SMILES string of the molecule is CC(C)C(NS(=O)(=O)c1ccc(F)cc1)C(=O)NC1Cc2ccc(s2)CCNC(=O)C1=O. The lowest BCUT2D eigenvalue weighted by Gasteiger charge is -2.25. The summed E-state index contributed by atoms with van der Waals surface area (Å²) < 4.78 is 40.9. The van der Waals surface area contributed by atoms with E-state index in [1.165, 1.54) is 11.3 Å². The zero-order valence-corrected chi connectivity index (χ0v) is 19.2. The van der Waals surface area contributed by atoms with Crippen LogP contribution in [0.3, 0.4) is 0 Å². The minimum absolute atomic E-state index is 0.123. The Kier molecular flexibility index (Phi) is 7.42. The fraction of sp³-hybridized carbons (Fsp3) is 0.381. The smallest absolute Gasteiger partial charge is 0.289 e. The van der Waals surface area contributed by atoms with Crippen molar-refractivity contribution in [1.29, 1.82) is 0 Å². The van der Waals surface area contributed by atoms with Gasteiger partial charge in [0, 0.05) is 22.7 Å². The van der Waals surface area contributed by atoms with Gasteiger partial charge < -0.3 is 10.6 Å². The molecule has 1 aliphatic heterocycles. The van der Waals surface area contributed by atoms with Gasteiger partial charge in [0.15, 0.2) is 0 Å². The number of rotatable bonds is 6. The Balaban J connectivity index is 1.81. The van der Waals surface area contributed by atoms with Gasteiger partial charge in [-0.25, -0.2) is 12.8 Å². The number of carbonyl (C=O) groups excluding carboxylic acids is 3. The molecule has 32 heavy (non-hydrogen) atoms. The molecule has 2 aromatic rings. The first-order valence-corrected chi connectivity index (χ1v) is 12.3. The standard InChI is InChI=1S/C21H24FN3O5S2/c1-12(2)18(25-32(29,30)16-7-3-13(22)4-8-16)20(27)24-17-11-15-6-5-14(31-15)9-10-23-21(28)19(17)26/h3-8,12,17-18,25H,9-11H2,1-2H3,(H,23,28)(H,24,27). The number of hydrogen-bond acceptors (Lipinski definition) is 6. The summed E-state index contributed by atoms with van der Waals surface area (Å²) in [7, 11) is -4.13. The third-order valence-corrected chi connectivity index (χ3v) is 7.62. The number of thiophene rings is 1. The largest absolute Gasteiger partial charge is 0.349 e. The Hall–Kier alpha value is -2.63. The van der Waals surface area contributed by atoms with E-state index in [0.29, 0.717) is 13.0 Å². The van der Waals surface area contributed by atoms with Gasteiger partial charge in [0.1, 0.15) is 17.9 Å². The summed E-state index contributed by atoms with van der Waals surface area (Å²) in [5.41, 5.74) is 0. The first kappa shape index (κ1) is 24.0. The Morgan fingerprint density at radius 2 is 1.78 bits per heavy atom. The average molecular weight is 482 g/mol. The number of amides is 2. The molecular weight excluding hydrogens is 457 g/mol. The molecule has 11 heteroatoms. The van der Waals surface area contributed by atoms with Crippen LogP contribution in [-0.2, 0) is 37.2 Å². The van der Waals surface area contributed by atoms with Gasteiger partial charge in [0.25, 0.3) is 5.91 Å². The fourth-order valence-electron chi connectivity index (χ4n) is 3.22. The molecule has 0 fully saturated rings. The summed E-state index contributed by atoms with van der Waals surface area (Å²) in [6.07, 6.45) is 0.736. The van der Waals surface area contributed by atoms with E-state index in [1.807, 2.05) is 12.1 Å². The maximum absolute atomic E-state index is 13.1. The normalized spacial score (nSPS) is 18.2. The Bertz CT molecular complexity index is 1110. The molecule has 2 atom stereocenters. The minimum Gasteiger partial charge on any atom is -0.349 e. The summed E-state index contributed by atoms with van der Waals surface area (Å²) in [5.74, 6) is -3.38. The monoisotopic (exact) mass is 481 g/mol. The third-order valence-electron chi connectivity index (χ3n) is 4.99. The van der Waals surface area contributed by atoms with E-state index in [4.69, 9.17) is 0 Å². The molecule has 1 aliphatic rings. The molecule has 8 nitrogen and oxygen atoms in total. The lowest BCUT2D eigenvalue weighted by atomic mass is 10.0. The number of nitrogens with one attached hydrogen (secondary N) is 3. The van der Waals surface area contributed by atoms with Crippen molar-refractivity contribution in [2.24, 2.45) is 5.92 Å². The maximum Gasteiger partial charge on any atom is 0.289 e. The Morgan fingerprint density at radius 1 is 1.12 bits per heavy atom. The van der Waals surface area contributed by atoms with Crippen LogP contribution in [0, 0.1) is 11.7 Å². The van der Waals surface area contributed by atoms with Crippen molar-refractivity contribution in [2.45, 2.75) is 43.7 Å². The maximum atomic E-state index is 13.1. The zero-order valence-electron chi connectivity index (χ0n) is 17.6. The molecule has 2 bridgehead atoms. The summed E-state index contributed by atoms with van der Waals surface area (Å²) in [6, 6.07) is 5.61. The van der Waals surface area contributed by atoms with Gasteiger partial charge in [0.05, 0.1) is 4.90 Å². The Labute approximate surface area is 189 Å². The summed E-state index contributed by atoms with van der Waals surface area (Å²) >= 11 is 1.49. The average Bonchev–Trinajstić information content (AvgIpc) is 3.17. The van der Waals surface area contributed by atoms with Crippen LogP contribution in [0.1, 0.15) is 23.6 Å². The summed E-state index contributed by atoms with van der Waals surface area (Å²) in [6.45, 7) is 3.59. The molecule has 0 aliphatic carbocycles. The first-order valence-electron chi connectivity index (χ1n) is 10.0. The van der Waals surface area contributed by atoms with Crippen molar-refractivity contribution in [1.82, 2.24) is 15.4 Å². The molecule has 1 aromatic carbocycles. The van der Waals surface area contributed by atoms with E-state index in [-0.39, 0.29) is 11.3 Å². The van der Waals surface area contributed by atoms with Gasteiger partial charge in [-0.1, -0.05) is 13.8 Å². The van der Waals surface area contributed by atoms with Crippen molar-refractivity contribution in [3.63, 3.8) is 0 Å². The van der Waals surface area contributed by atoms with E-state index in [9.17, 15) is 27.2 Å². The number of sulfonamides is 1. The van der Waals surface area contributed by atoms with Gasteiger partial charge in [0.2, 0.25) is 21.7 Å². The number of benzene rings is 1. The van der Waals surface area contributed by atoms with Crippen molar-refractivity contribution in [2.75, 3.05) is 6.54 Å².